The Balaban J connectivity index is 1.55. The molecule has 0 spiro atoms. The number of carbonyl (C=O) groups excluding carboxylic acids is 1. The van der Waals surface area contributed by atoms with E-state index in [9.17, 15) is 9.18 Å². The van der Waals surface area contributed by atoms with Crippen LogP contribution < -0.4 is 4.74 Å². The Hall–Kier alpha value is -3.08. The molecular formula is C29H35FN2O2. The van der Waals surface area contributed by atoms with E-state index in [-0.39, 0.29) is 5.75 Å². The number of rotatable bonds is 13. The minimum absolute atomic E-state index is 0.0502. The summed E-state index contributed by atoms with van der Waals surface area (Å²) in [7, 11) is 0. The molecule has 1 heterocycles. The summed E-state index contributed by atoms with van der Waals surface area (Å²) >= 11 is 0. The van der Waals surface area contributed by atoms with E-state index in [2.05, 4.69) is 23.8 Å². The van der Waals surface area contributed by atoms with E-state index >= 15 is 0 Å². The third-order valence-electron chi connectivity index (χ3n) is 5.92. The van der Waals surface area contributed by atoms with Gasteiger partial charge in [-0.15, -0.1) is 0 Å². The molecule has 0 saturated heterocycles. The second kappa shape index (κ2) is 13.6. The molecule has 2 aromatic carbocycles. The van der Waals surface area contributed by atoms with Crippen molar-refractivity contribution in [3.8, 4) is 17.1 Å². The van der Waals surface area contributed by atoms with Crippen LogP contribution in [0.25, 0.3) is 11.4 Å². The Kier molecular flexibility index (Phi) is 10.2. The minimum Gasteiger partial charge on any atom is -0.420 e. The van der Waals surface area contributed by atoms with Gasteiger partial charge < -0.3 is 4.74 Å². The molecule has 4 nitrogen and oxygen atoms in total. The summed E-state index contributed by atoms with van der Waals surface area (Å²) in [4.78, 5) is 21.4. The molecule has 0 aliphatic heterocycles. The summed E-state index contributed by atoms with van der Waals surface area (Å²) in [6.45, 7) is 4.37. The second-order valence-corrected chi connectivity index (χ2v) is 8.77. The van der Waals surface area contributed by atoms with Crippen molar-refractivity contribution >= 4 is 5.97 Å². The predicted molar refractivity (Wildman–Crippen MR) is 135 cm³/mol. The summed E-state index contributed by atoms with van der Waals surface area (Å²) in [6, 6.07) is 11.7. The first kappa shape index (κ1) is 25.5. The van der Waals surface area contributed by atoms with E-state index in [1.54, 1.807) is 30.3 Å². The van der Waals surface area contributed by atoms with Crippen molar-refractivity contribution in [2.45, 2.75) is 78.1 Å². The van der Waals surface area contributed by atoms with Crippen molar-refractivity contribution in [1.82, 2.24) is 9.97 Å². The normalized spacial score (nSPS) is 10.9. The van der Waals surface area contributed by atoms with Gasteiger partial charge in [-0.2, -0.15) is 0 Å². The van der Waals surface area contributed by atoms with Gasteiger partial charge in [-0.3, -0.25) is 0 Å². The lowest BCUT2D eigenvalue weighted by atomic mass is 10.1. The van der Waals surface area contributed by atoms with E-state index < -0.39 is 11.8 Å². The van der Waals surface area contributed by atoms with Crippen molar-refractivity contribution < 1.29 is 13.9 Å². The number of aromatic nitrogens is 2. The zero-order chi connectivity index (χ0) is 24.2. The van der Waals surface area contributed by atoms with Gasteiger partial charge in [0.15, 0.2) is 17.4 Å². The Morgan fingerprint density at radius 2 is 1.41 bits per heavy atom. The first-order valence-corrected chi connectivity index (χ1v) is 12.5. The Labute approximate surface area is 202 Å². The fraction of sp³-hybridized carbons (Fsp3) is 0.414. The van der Waals surface area contributed by atoms with E-state index in [1.807, 2.05) is 18.5 Å². The van der Waals surface area contributed by atoms with Gasteiger partial charge in [0.05, 0.1) is 5.56 Å². The number of hydrogen-bond acceptors (Lipinski definition) is 4. The molecule has 0 aliphatic rings. The van der Waals surface area contributed by atoms with Gasteiger partial charge in [0.2, 0.25) is 0 Å². The van der Waals surface area contributed by atoms with E-state index in [4.69, 9.17) is 4.74 Å². The summed E-state index contributed by atoms with van der Waals surface area (Å²) in [5.41, 5.74) is 3.21. The summed E-state index contributed by atoms with van der Waals surface area (Å²) in [5.74, 6) is -0.547. The topological polar surface area (TPSA) is 52.1 Å². The van der Waals surface area contributed by atoms with E-state index in [1.165, 1.54) is 38.2 Å². The Bertz CT molecular complexity index is 1030. The SMILES string of the molecule is CCCCCCCc1ccc(OC(=O)c2ccc(-c3ncc(CCCCC)cn3)cc2)c(F)c1. The van der Waals surface area contributed by atoms with Gasteiger partial charge in [-0.05, 0) is 61.1 Å². The third-order valence-corrected chi connectivity index (χ3v) is 5.92. The number of hydrogen-bond donors (Lipinski definition) is 0. The third kappa shape index (κ3) is 7.75. The molecule has 0 radical (unpaired) electrons. The molecule has 0 bridgehead atoms. The molecule has 180 valence electrons. The number of nitrogens with zero attached hydrogens (tertiary/aromatic N) is 2. The first-order valence-electron chi connectivity index (χ1n) is 12.5. The highest BCUT2D eigenvalue weighted by Crippen LogP contribution is 2.22. The molecule has 0 N–H and O–H groups in total. The van der Waals surface area contributed by atoms with Crippen LogP contribution in [0.4, 0.5) is 4.39 Å². The number of unbranched alkanes of at least 4 members (excludes halogenated alkanes) is 6. The highest BCUT2D eigenvalue weighted by Gasteiger charge is 2.13. The maximum Gasteiger partial charge on any atom is 0.343 e. The van der Waals surface area contributed by atoms with Gasteiger partial charge in [-0.1, -0.05) is 70.6 Å². The summed E-state index contributed by atoms with van der Waals surface area (Å²) in [6.07, 6.45) is 14.9. The molecule has 0 fully saturated rings. The highest BCUT2D eigenvalue weighted by molar-refractivity contribution is 5.91. The lowest BCUT2D eigenvalue weighted by Crippen LogP contribution is -2.09. The largest absolute Gasteiger partial charge is 0.420 e. The van der Waals surface area contributed by atoms with Crippen LogP contribution in [0.1, 0.15) is 86.7 Å². The molecule has 5 heteroatoms. The molecule has 34 heavy (non-hydrogen) atoms. The maximum absolute atomic E-state index is 14.5. The molecule has 3 aromatic rings. The van der Waals surface area contributed by atoms with Crippen LogP contribution >= 0.6 is 0 Å². The Morgan fingerprint density at radius 1 is 0.794 bits per heavy atom. The van der Waals surface area contributed by atoms with Gasteiger partial charge in [0.1, 0.15) is 0 Å². The summed E-state index contributed by atoms with van der Waals surface area (Å²) in [5, 5.41) is 0. The van der Waals surface area contributed by atoms with Crippen molar-refractivity contribution in [3.05, 3.63) is 77.4 Å². The Morgan fingerprint density at radius 3 is 2.09 bits per heavy atom. The smallest absolute Gasteiger partial charge is 0.343 e. The van der Waals surface area contributed by atoms with E-state index in [0.717, 1.165) is 48.8 Å². The zero-order valence-electron chi connectivity index (χ0n) is 20.4. The molecular weight excluding hydrogens is 427 g/mol. The van der Waals surface area contributed by atoms with Crippen molar-refractivity contribution in [3.63, 3.8) is 0 Å². The summed E-state index contributed by atoms with van der Waals surface area (Å²) < 4.78 is 19.8. The first-order chi connectivity index (χ1) is 16.6. The molecule has 3 rings (SSSR count). The fourth-order valence-electron chi connectivity index (χ4n) is 3.84. The number of halogens is 1. The molecule has 1 aromatic heterocycles. The molecule has 0 unspecified atom stereocenters. The van der Waals surface area contributed by atoms with Crippen LogP contribution in [0, 0.1) is 5.82 Å². The minimum atomic E-state index is -0.593. The van der Waals surface area contributed by atoms with Gasteiger partial charge in [0.25, 0.3) is 0 Å². The van der Waals surface area contributed by atoms with Crippen LogP contribution in [0.15, 0.2) is 54.9 Å². The van der Waals surface area contributed by atoms with Crippen LogP contribution in [-0.2, 0) is 12.8 Å². The second-order valence-electron chi connectivity index (χ2n) is 8.77. The van der Waals surface area contributed by atoms with Crippen LogP contribution in [-0.4, -0.2) is 15.9 Å². The molecule has 0 saturated carbocycles. The maximum atomic E-state index is 14.5. The standard InChI is InChI=1S/C29H35FN2O2/c1-3-5-7-8-10-11-22-13-18-27(26(30)19-22)34-29(33)25-16-14-24(15-17-25)28-31-20-23(21-32-28)12-9-6-4-2/h13-21H,3-12H2,1-2H3. The van der Waals surface area contributed by atoms with Gasteiger partial charge in [0, 0.05) is 18.0 Å². The number of benzene rings is 2. The number of carbonyl (C=O) groups is 1. The zero-order valence-corrected chi connectivity index (χ0v) is 20.4. The van der Waals surface area contributed by atoms with Crippen LogP contribution in [0.3, 0.4) is 0 Å². The highest BCUT2D eigenvalue weighted by atomic mass is 19.1. The average Bonchev–Trinajstić information content (AvgIpc) is 2.86. The molecule has 0 atom stereocenters. The number of aryl methyl sites for hydroxylation is 2. The van der Waals surface area contributed by atoms with Crippen LogP contribution in [0.5, 0.6) is 5.75 Å². The van der Waals surface area contributed by atoms with Crippen LogP contribution in [0.2, 0.25) is 0 Å². The van der Waals surface area contributed by atoms with Crippen molar-refractivity contribution in [1.29, 1.82) is 0 Å². The van der Waals surface area contributed by atoms with Gasteiger partial charge >= 0.3 is 5.97 Å². The monoisotopic (exact) mass is 462 g/mol. The lowest BCUT2D eigenvalue weighted by Gasteiger charge is -2.08. The quantitative estimate of drug-likeness (QED) is 0.148. The average molecular weight is 463 g/mol. The fourth-order valence-corrected chi connectivity index (χ4v) is 3.84. The van der Waals surface area contributed by atoms with Crippen molar-refractivity contribution in [2.75, 3.05) is 0 Å². The predicted octanol–water partition coefficient (Wildman–Crippen LogP) is 7.75. The van der Waals surface area contributed by atoms with E-state index in [0.29, 0.717) is 11.4 Å². The lowest BCUT2D eigenvalue weighted by molar-refractivity contribution is 0.0728. The van der Waals surface area contributed by atoms with Crippen molar-refractivity contribution in [2.24, 2.45) is 0 Å². The van der Waals surface area contributed by atoms with Gasteiger partial charge in [-0.25, -0.2) is 19.2 Å². The number of ether oxygens (including phenoxy) is 1. The molecule has 0 amide bonds. The molecule has 0 aliphatic carbocycles. The number of esters is 1.